The highest BCUT2D eigenvalue weighted by Gasteiger charge is 2.52. The van der Waals surface area contributed by atoms with Crippen LogP contribution in [0.1, 0.15) is 26.5 Å². The Bertz CT molecular complexity index is 1590. The number of phosphoric acid groups is 3. The van der Waals surface area contributed by atoms with Crippen molar-refractivity contribution in [2.24, 2.45) is 5.41 Å². The summed E-state index contributed by atoms with van der Waals surface area (Å²) in [5.41, 5.74) is 4.51. The summed E-state index contributed by atoms with van der Waals surface area (Å²) in [6, 6.07) is 0. The highest BCUT2D eigenvalue weighted by Crippen LogP contribution is 2.61. The molecule has 1 fully saturated rings. The molecule has 1 aliphatic rings. The number of rotatable bonds is 18. The third-order valence-electron chi connectivity index (χ3n) is 6.57. The standard InChI is InChI=1S/C21H36N7O16P3S/c1-21(2,16(31)19(32)24-4-3-12(29)23-5-6-48)8-41-47(38,39)44-46(36,37)40-7-11-15(43-45(33,34)35)14(30)20(42-11)28-10-27-13-17(22)25-9-26-18(13)28/h9-11,14-16,20,30-31H,3-8H2,1-2H3,(H9,22,23,24,25,26,29,32,33,34,35,36,37,38,39,48)/p+1/t11-,14-,15-,16?,20-/m1/s1. The molecular weight excluding hydrogens is 731 g/mol. The van der Waals surface area contributed by atoms with Gasteiger partial charge in [-0.2, -0.15) is 21.9 Å². The number of nitrogens with zero attached hydrogens (tertiary/aromatic N) is 3. The average Bonchev–Trinajstić information content (AvgIpc) is 3.54. The summed E-state index contributed by atoms with van der Waals surface area (Å²) < 4.78 is 61.8. The topological polar surface area (TPSA) is 348 Å². The Labute approximate surface area is 277 Å². The van der Waals surface area contributed by atoms with Crippen LogP contribution in [0.5, 0.6) is 0 Å². The highest BCUT2D eigenvalue weighted by atomic mass is 32.1. The number of aliphatic hydroxyl groups is 2. The lowest BCUT2D eigenvalue weighted by atomic mass is 9.87. The molecule has 3 rings (SSSR count). The van der Waals surface area contributed by atoms with Gasteiger partial charge in [-0.15, -0.1) is 0 Å². The zero-order chi connectivity index (χ0) is 36.1. The number of amides is 2. The van der Waals surface area contributed by atoms with Crippen LogP contribution in [0, 0.1) is 5.41 Å². The van der Waals surface area contributed by atoms with Gasteiger partial charge in [0, 0.05) is 30.7 Å². The minimum Gasteiger partial charge on any atom is -0.384 e. The Morgan fingerprint density at radius 3 is 2.46 bits per heavy atom. The second kappa shape index (κ2) is 16.3. The molecule has 0 radical (unpaired) electrons. The Hall–Kier alpha value is -2.11. The van der Waals surface area contributed by atoms with Gasteiger partial charge in [-0.05, 0) is 0 Å². The molecule has 0 saturated carbocycles. The lowest BCUT2D eigenvalue weighted by molar-refractivity contribution is -0.745. The average molecular weight is 769 g/mol. The van der Waals surface area contributed by atoms with Crippen molar-refractivity contribution in [3.63, 3.8) is 0 Å². The predicted octanol–water partition coefficient (Wildman–Crippen LogP) is -2.25. The van der Waals surface area contributed by atoms with Gasteiger partial charge in [-0.25, -0.2) is 18.3 Å². The van der Waals surface area contributed by atoms with E-state index >= 15 is 0 Å². The van der Waals surface area contributed by atoms with Gasteiger partial charge in [0.1, 0.15) is 24.4 Å². The molecular formula is C21H37N7O16P3S+. The maximum atomic E-state index is 12.6. The number of carbonyl (C=O) groups is 2. The third kappa shape index (κ3) is 11.2. The van der Waals surface area contributed by atoms with Gasteiger partial charge in [-0.3, -0.25) is 28.1 Å². The van der Waals surface area contributed by atoms with Crippen LogP contribution in [0.25, 0.3) is 11.2 Å². The van der Waals surface area contributed by atoms with E-state index in [-0.39, 0.29) is 35.9 Å². The number of nitrogen functional groups attached to an aromatic ring is 1. The lowest BCUT2D eigenvalue weighted by Gasteiger charge is -2.30. The SMILES string of the molecule is CC(C)(COP(=O)(O)OP(=O)(O)OC[C@H]1O[C@@H]([n+]2c[nH]c3c(N)ncnc32)[C@H](O)[C@@H]1OP(=O)(O)O)C(O)C(=O)NCCC(=O)NCCS. The fourth-order valence-corrected chi connectivity index (χ4v) is 7.13. The van der Waals surface area contributed by atoms with E-state index in [2.05, 4.69) is 47.0 Å². The highest BCUT2D eigenvalue weighted by molar-refractivity contribution is 7.80. The van der Waals surface area contributed by atoms with Crippen LogP contribution in [-0.2, 0) is 45.9 Å². The number of aromatic nitrogens is 4. The quantitative estimate of drug-likeness (QED) is 0.0433. The second-order valence-corrected chi connectivity index (χ2v) is 15.5. The monoisotopic (exact) mass is 768 g/mol. The van der Waals surface area contributed by atoms with E-state index in [1.54, 1.807) is 0 Å². The number of H-pyrrole nitrogens is 1. The third-order valence-corrected chi connectivity index (χ3v) is 9.90. The van der Waals surface area contributed by atoms with Crippen molar-refractivity contribution in [1.29, 1.82) is 0 Å². The molecule has 3 unspecified atom stereocenters. The summed E-state index contributed by atoms with van der Waals surface area (Å²) >= 11 is 3.95. The van der Waals surface area contributed by atoms with E-state index in [4.69, 9.17) is 19.5 Å². The van der Waals surface area contributed by atoms with Crippen LogP contribution >= 0.6 is 36.1 Å². The molecule has 48 heavy (non-hydrogen) atoms. The van der Waals surface area contributed by atoms with E-state index in [0.717, 1.165) is 6.33 Å². The molecule has 2 aromatic rings. The van der Waals surface area contributed by atoms with Gasteiger partial charge < -0.3 is 50.9 Å². The van der Waals surface area contributed by atoms with Crippen LogP contribution in [0.3, 0.4) is 0 Å². The summed E-state index contributed by atoms with van der Waals surface area (Å²) in [6.45, 7) is 0.744. The van der Waals surface area contributed by atoms with Crippen LogP contribution in [0.2, 0.25) is 0 Å². The molecule has 7 atom stereocenters. The molecule has 0 aromatic carbocycles. The van der Waals surface area contributed by atoms with E-state index in [9.17, 15) is 53.1 Å². The summed E-state index contributed by atoms with van der Waals surface area (Å²) in [5, 5.41) is 26.1. The van der Waals surface area contributed by atoms with Crippen molar-refractivity contribution in [3.05, 3.63) is 12.7 Å². The van der Waals surface area contributed by atoms with E-state index < -0.39 is 78.6 Å². The number of thiol groups is 1. The molecule has 0 bridgehead atoms. The van der Waals surface area contributed by atoms with Crippen LogP contribution < -0.4 is 20.9 Å². The fourth-order valence-electron chi connectivity index (χ4n) is 4.19. The Balaban J connectivity index is 1.61. The van der Waals surface area contributed by atoms with Crippen molar-refractivity contribution < 1.29 is 80.3 Å². The first kappa shape index (κ1) is 40.3. The number of hydrogen-bond donors (Lipinski definition) is 11. The number of nitrogens with two attached hydrogens (primary N) is 1. The van der Waals surface area contributed by atoms with Crippen LogP contribution in [0.15, 0.2) is 12.7 Å². The second-order valence-electron chi connectivity index (χ2n) is 10.8. The number of nitrogens with one attached hydrogen (secondary N) is 3. The summed E-state index contributed by atoms with van der Waals surface area (Å²) in [4.78, 5) is 73.4. The van der Waals surface area contributed by atoms with E-state index in [0.29, 0.717) is 12.3 Å². The number of hydrogen-bond acceptors (Lipinski definition) is 16. The Morgan fingerprint density at radius 2 is 1.81 bits per heavy atom. The van der Waals surface area contributed by atoms with Crippen LogP contribution in [0.4, 0.5) is 5.82 Å². The van der Waals surface area contributed by atoms with E-state index in [1.807, 2.05) is 0 Å². The molecule has 23 nitrogen and oxygen atoms in total. The molecule has 1 saturated heterocycles. The molecule has 3 heterocycles. The number of imidazole rings is 1. The number of phosphoric ester groups is 3. The number of carbonyl (C=O) groups excluding carboxylic acids is 2. The normalized spacial score (nSPS) is 23.4. The van der Waals surface area contributed by atoms with Crippen molar-refractivity contribution in [2.45, 2.75) is 50.9 Å². The van der Waals surface area contributed by atoms with Crippen molar-refractivity contribution in [1.82, 2.24) is 25.6 Å². The molecule has 2 amide bonds. The Kier molecular flexibility index (Phi) is 13.7. The molecule has 27 heteroatoms. The number of aliphatic hydroxyl groups excluding tert-OH is 2. The first-order valence-electron chi connectivity index (χ1n) is 13.7. The zero-order valence-corrected chi connectivity index (χ0v) is 28.8. The van der Waals surface area contributed by atoms with Gasteiger partial charge in [0.15, 0.2) is 18.5 Å². The fraction of sp³-hybridized carbons (Fsp3) is 0.667. The maximum Gasteiger partial charge on any atom is 0.481 e. The maximum absolute atomic E-state index is 12.6. The number of anilines is 1. The summed E-state index contributed by atoms with van der Waals surface area (Å²) in [7, 11) is -16.3. The van der Waals surface area contributed by atoms with Gasteiger partial charge in [0.25, 0.3) is 0 Å². The smallest absolute Gasteiger partial charge is 0.384 e. The zero-order valence-electron chi connectivity index (χ0n) is 25.3. The molecule has 0 aliphatic carbocycles. The van der Waals surface area contributed by atoms with Gasteiger partial charge in [-0.1, -0.05) is 18.8 Å². The summed E-state index contributed by atoms with van der Waals surface area (Å²) in [5.74, 6) is -0.884. The predicted molar refractivity (Wildman–Crippen MR) is 162 cm³/mol. The Morgan fingerprint density at radius 1 is 1.15 bits per heavy atom. The lowest BCUT2D eigenvalue weighted by Crippen LogP contribution is -2.46. The molecule has 0 spiro atoms. The number of aromatic amines is 1. The first-order chi connectivity index (χ1) is 22.2. The molecule has 1 aliphatic heterocycles. The van der Waals surface area contributed by atoms with Gasteiger partial charge in [0.2, 0.25) is 23.6 Å². The van der Waals surface area contributed by atoms with Gasteiger partial charge >= 0.3 is 29.1 Å². The van der Waals surface area contributed by atoms with Crippen molar-refractivity contribution in [2.75, 3.05) is 37.8 Å². The minimum atomic E-state index is -5.53. The molecule has 272 valence electrons. The minimum absolute atomic E-state index is 0.0193. The first-order valence-corrected chi connectivity index (χ1v) is 18.9. The largest absolute Gasteiger partial charge is 0.481 e. The molecule has 2 aromatic heterocycles. The van der Waals surface area contributed by atoms with Crippen LogP contribution in [-0.4, -0.2) is 113 Å². The summed E-state index contributed by atoms with van der Waals surface area (Å²) in [6.07, 6.45) is -6.51. The van der Waals surface area contributed by atoms with Gasteiger partial charge in [0.05, 0.1) is 13.2 Å². The van der Waals surface area contributed by atoms with Crippen molar-refractivity contribution >= 4 is 64.9 Å². The van der Waals surface area contributed by atoms with E-state index in [1.165, 1.54) is 24.7 Å². The number of ether oxygens (including phenoxy) is 1. The van der Waals surface area contributed by atoms with Crippen molar-refractivity contribution in [3.8, 4) is 0 Å². The number of fused-ring (bicyclic) bond motifs is 1. The molecule has 11 N–H and O–H groups in total.